The Balaban J connectivity index is 0.000000490. The summed E-state index contributed by atoms with van der Waals surface area (Å²) in [7, 11) is 0. The van der Waals surface area contributed by atoms with Gasteiger partial charge in [-0.05, 0) is 12.2 Å². The number of allylic oxidation sites excluding steroid dienone is 3. The van der Waals surface area contributed by atoms with E-state index < -0.39 is 0 Å². The van der Waals surface area contributed by atoms with Crippen molar-refractivity contribution in [1.82, 2.24) is 11.5 Å². The van der Waals surface area contributed by atoms with Crippen LogP contribution in [-0.4, -0.2) is 0 Å². The number of hydrogen-bond donors (Lipinski definition) is 2. The Hall–Kier alpha value is -1.02. The molecule has 0 saturated heterocycles. The smallest absolute Gasteiger partial charge is 0.0306 e. The van der Waals surface area contributed by atoms with Crippen LogP contribution in [0.5, 0.6) is 0 Å². The minimum absolute atomic E-state index is 0. The molecular weight excluding hydrogens is 100 g/mol. The third kappa shape index (κ3) is 1.62. The molecule has 0 aromatic heterocycles. The molecule has 0 aromatic rings. The number of hydrogen-bond acceptors (Lipinski definition) is 2. The van der Waals surface area contributed by atoms with Gasteiger partial charge in [-0.15, -0.1) is 0 Å². The number of nitrogens with one attached hydrogen (secondary N) is 1. The molecule has 0 unspecified atom stereocenters. The van der Waals surface area contributed by atoms with Crippen LogP contribution in [-0.2, 0) is 0 Å². The van der Waals surface area contributed by atoms with Crippen LogP contribution < -0.4 is 11.5 Å². The van der Waals surface area contributed by atoms with Gasteiger partial charge in [0.25, 0.3) is 0 Å². The van der Waals surface area contributed by atoms with Crippen LogP contribution in [0.1, 0.15) is 0 Å². The Morgan fingerprint density at radius 2 is 2.12 bits per heavy atom. The standard InChI is InChI=1S/C6H7N.H3N/c1-6-4-2-3-5-7-6;/h2-5,7H,1H2;1H3. The predicted molar refractivity (Wildman–Crippen MR) is 35.6 cm³/mol. The molecular formula is C6H10N2. The Labute approximate surface area is 49.2 Å². The number of dihydropyridines is 1. The largest absolute Gasteiger partial charge is 0.362 e. The molecule has 8 heavy (non-hydrogen) atoms. The molecule has 0 fully saturated rings. The Bertz CT molecular complexity index is 133. The highest BCUT2D eigenvalue weighted by atomic mass is 14.8. The van der Waals surface area contributed by atoms with Gasteiger partial charge in [-0.3, -0.25) is 0 Å². The van der Waals surface area contributed by atoms with E-state index in [1.807, 2.05) is 24.4 Å². The van der Waals surface area contributed by atoms with E-state index in [1.165, 1.54) is 0 Å². The van der Waals surface area contributed by atoms with Gasteiger partial charge in [0.2, 0.25) is 0 Å². The average molecular weight is 110 g/mol. The van der Waals surface area contributed by atoms with Crippen LogP contribution in [0, 0.1) is 0 Å². The lowest BCUT2D eigenvalue weighted by Crippen LogP contribution is -2.01. The molecule has 1 aliphatic heterocycles. The molecule has 4 N–H and O–H groups in total. The van der Waals surface area contributed by atoms with Crippen molar-refractivity contribution in [1.29, 1.82) is 0 Å². The molecule has 0 radical (unpaired) electrons. The summed E-state index contributed by atoms with van der Waals surface area (Å²) < 4.78 is 0. The SMILES string of the molecule is C=C1C=CC=CN1.N. The summed E-state index contributed by atoms with van der Waals surface area (Å²) in [6.45, 7) is 3.66. The van der Waals surface area contributed by atoms with Gasteiger partial charge >= 0.3 is 0 Å². The van der Waals surface area contributed by atoms with Crippen LogP contribution in [0.2, 0.25) is 0 Å². The molecule has 0 spiro atoms. The van der Waals surface area contributed by atoms with E-state index in [-0.39, 0.29) is 6.15 Å². The summed E-state index contributed by atoms with van der Waals surface area (Å²) >= 11 is 0. The van der Waals surface area contributed by atoms with Gasteiger partial charge in [0.05, 0.1) is 0 Å². The second kappa shape index (κ2) is 3.04. The van der Waals surface area contributed by atoms with E-state index in [1.54, 1.807) is 0 Å². The van der Waals surface area contributed by atoms with Crippen molar-refractivity contribution in [2.45, 2.75) is 0 Å². The summed E-state index contributed by atoms with van der Waals surface area (Å²) in [4.78, 5) is 0. The lowest BCUT2D eigenvalue weighted by atomic mass is 10.3. The normalized spacial score (nSPS) is 14.8. The average Bonchev–Trinajstić information content (AvgIpc) is 1.69. The minimum Gasteiger partial charge on any atom is -0.362 e. The lowest BCUT2D eigenvalue weighted by Gasteiger charge is -1.99. The molecule has 2 heteroatoms. The highest BCUT2D eigenvalue weighted by Gasteiger charge is 1.81. The first kappa shape index (κ1) is 6.98. The Morgan fingerprint density at radius 3 is 2.38 bits per heavy atom. The van der Waals surface area contributed by atoms with Gasteiger partial charge in [0.15, 0.2) is 0 Å². The van der Waals surface area contributed by atoms with Crippen molar-refractivity contribution >= 4 is 0 Å². The summed E-state index contributed by atoms with van der Waals surface area (Å²) in [5, 5.41) is 2.92. The van der Waals surface area contributed by atoms with Gasteiger partial charge in [0, 0.05) is 11.9 Å². The maximum absolute atomic E-state index is 3.66. The maximum atomic E-state index is 3.66. The monoisotopic (exact) mass is 110 g/mol. The van der Waals surface area contributed by atoms with E-state index in [9.17, 15) is 0 Å². The zero-order valence-corrected chi connectivity index (χ0v) is 4.72. The predicted octanol–water partition coefficient (Wildman–Crippen LogP) is 1.34. The van der Waals surface area contributed by atoms with Crippen molar-refractivity contribution < 1.29 is 0 Å². The topological polar surface area (TPSA) is 47.0 Å². The molecule has 0 aromatic carbocycles. The van der Waals surface area contributed by atoms with Crippen molar-refractivity contribution in [3.8, 4) is 0 Å². The van der Waals surface area contributed by atoms with E-state index >= 15 is 0 Å². The molecule has 1 heterocycles. The third-order valence-electron chi connectivity index (χ3n) is 0.773. The van der Waals surface area contributed by atoms with E-state index in [0.717, 1.165) is 5.70 Å². The molecule has 0 saturated carbocycles. The second-order valence-electron chi connectivity index (χ2n) is 1.39. The molecule has 1 rings (SSSR count). The zero-order valence-electron chi connectivity index (χ0n) is 4.72. The first-order valence-corrected chi connectivity index (χ1v) is 2.18. The van der Waals surface area contributed by atoms with Gasteiger partial charge < -0.3 is 11.5 Å². The van der Waals surface area contributed by atoms with Gasteiger partial charge in [-0.1, -0.05) is 12.7 Å². The van der Waals surface area contributed by atoms with Gasteiger partial charge in [0.1, 0.15) is 0 Å². The third-order valence-corrected chi connectivity index (χ3v) is 0.773. The molecule has 1 aliphatic rings. The molecule has 44 valence electrons. The highest BCUT2D eigenvalue weighted by Crippen LogP contribution is 1.92. The van der Waals surface area contributed by atoms with Crippen LogP contribution in [0.3, 0.4) is 0 Å². The molecule has 0 bridgehead atoms. The fourth-order valence-corrected chi connectivity index (χ4v) is 0.431. The zero-order chi connectivity index (χ0) is 5.11. The first-order chi connectivity index (χ1) is 3.39. The number of rotatable bonds is 0. The minimum atomic E-state index is 0. The van der Waals surface area contributed by atoms with E-state index in [0.29, 0.717) is 0 Å². The van der Waals surface area contributed by atoms with Gasteiger partial charge in [-0.25, -0.2) is 0 Å². The lowest BCUT2D eigenvalue weighted by molar-refractivity contribution is 1.11. The van der Waals surface area contributed by atoms with Crippen LogP contribution in [0.15, 0.2) is 36.7 Å². The summed E-state index contributed by atoms with van der Waals surface area (Å²) in [6, 6.07) is 0. The molecule has 0 aliphatic carbocycles. The first-order valence-electron chi connectivity index (χ1n) is 2.18. The maximum Gasteiger partial charge on any atom is 0.0306 e. The Morgan fingerprint density at radius 1 is 1.38 bits per heavy atom. The fourth-order valence-electron chi connectivity index (χ4n) is 0.431. The molecule has 0 atom stereocenters. The highest BCUT2D eigenvalue weighted by molar-refractivity contribution is 5.23. The van der Waals surface area contributed by atoms with Crippen molar-refractivity contribution in [3.05, 3.63) is 36.7 Å². The van der Waals surface area contributed by atoms with Gasteiger partial charge in [-0.2, -0.15) is 0 Å². The summed E-state index contributed by atoms with van der Waals surface area (Å²) in [5.74, 6) is 0. The van der Waals surface area contributed by atoms with Crippen LogP contribution >= 0.6 is 0 Å². The van der Waals surface area contributed by atoms with E-state index in [2.05, 4.69) is 11.9 Å². The summed E-state index contributed by atoms with van der Waals surface area (Å²) in [6.07, 6.45) is 7.63. The molecule has 2 nitrogen and oxygen atoms in total. The van der Waals surface area contributed by atoms with Crippen molar-refractivity contribution in [2.75, 3.05) is 0 Å². The van der Waals surface area contributed by atoms with Crippen molar-refractivity contribution in [3.63, 3.8) is 0 Å². The fraction of sp³-hybridized carbons (Fsp3) is 0. The molecule has 0 amide bonds. The Kier molecular flexibility index (Phi) is 2.66. The second-order valence-corrected chi connectivity index (χ2v) is 1.39. The summed E-state index contributed by atoms with van der Waals surface area (Å²) in [5.41, 5.74) is 0.947. The van der Waals surface area contributed by atoms with Crippen molar-refractivity contribution in [2.24, 2.45) is 0 Å². The van der Waals surface area contributed by atoms with Crippen LogP contribution in [0.25, 0.3) is 0 Å². The van der Waals surface area contributed by atoms with E-state index in [4.69, 9.17) is 0 Å². The quantitative estimate of drug-likeness (QED) is 0.494. The van der Waals surface area contributed by atoms with Crippen LogP contribution in [0.4, 0.5) is 0 Å².